The Morgan fingerprint density at radius 1 is 1.20 bits per heavy atom. The van der Waals surface area contributed by atoms with Crippen LogP contribution in [0.15, 0.2) is 40.8 Å². The SMILES string of the molecule is CNC(=O)C1(C)CN(CC(F)CCc2ccc(NC(=O)Cc3cc(C(F)(F)F)ccn3)nn2)N=N1. The van der Waals surface area contributed by atoms with Gasteiger partial charge in [0.2, 0.25) is 5.91 Å². The van der Waals surface area contributed by atoms with Gasteiger partial charge >= 0.3 is 6.18 Å². The van der Waals surface area contributed by atoms with Crippen LogP contribution in [0.4, 0.5) is 23.4 Å². The molecule has 2 aromatic rings. The Morgan fingerprint density at radius 2 is 1.97 bits per heavy atom. The highest BCUT2D eigenvalue weighted by molar-refractivity contribution is 5.91. The number of pyridine rings is 1. The van der Waals surface area contributed by atoms with E-state index in [1.165, 1.54) is 18.1 Å². The van der Waals surface area contributed by atoms with E-state index in [2.05, 4.69) is 36.2 Å². The van der Waals surface area contributed by atoms with E-state index in [1.54, 1.807) is 13.0 Å². The number of alkyl halides is 4. The number of likely N-dealkylation sites (N-methyl/N-ethyl adjacent to an activating group) is 1. The van der Waals surface area contributed by atoms with Crippen molar-refractivity contribution < 1.29 is 27.2 Å². The van der Waals surface area contributed by atoms with Crippen molar-refractivity contribution in [2.45, 2.75) is 44.1 Å². The van der Waals surface area contributed by atoms with E-state index in [0.717, 1.165) is 18.3 Å². The molecule has 0 saturated heterocycles. The summed E-state index contributed by atoms with van der Waals surface area (Å²) in [7, 11) is 1.50. The van der Waals surface area contributed by atoms with Crippen LogP contribution in [0.2, 0.25) is 0 Å². The maximum atomic E-state index is 14.4. The molecule has 3 heterocycles. The molecule has 188 valence electrons. The van der Waals surface area contributed by atoms with Gasteiger partial charge in [-0.3, -0.25) is 19.6 Å². The van der Waals surface area contributed by atoms with Gasteiger partial charge in [0.1, 0.15) is 6.17 Å². The second-order valence-electron chi connectivity index (χ2n) is 8.19. The molecule has 3 rings (SSSR count). The molecule has 2 aromatic heterocycles. The molecule has 14 heteroatoms. The van der Waals surface area contributed by atoms with Gasteiger partial charge in [-0.1, -0.05) is 5.22 Å². The standard InChI is InChI=1S/C21H24F4N8O2/c1-20(19(35)26-2)12-33(32-31-20)11-14(22)3-4-15-5-6-17(30-29-15)28-18(34)10-16-9-13(7-8-27-16)21(23,24)25/h5-9,14H,3-4,10-12H2,1-2H3,(H,26,35)(H,28,30,34). The molecule has 2 unspecified atom stereocenters. The summed E-state index contributed by atoms with van der Waals surface area (Å²) in [6.45, 7) is 1.77. The molecule has 35 heavy (non-hydrogen) atoms. The third-order valence-corrected chi connectivity index (χ3v) is 5.19. The maximum absolute atomic E-state index is 14.4. The molecule has 2 N–H and O–H groups in total. The van der Waals surface area contributed by atoms with Gasteiger partial charge in [-0.15, -0.1) is 5.10 Å². The number of anilines is 1. The van der Waals surface area contributed by atoms with Crippen molar-refractivity contribution in [1.82, 2.24) is 25.5 Å². The van der Waals surface area contributed by atoms with Crippen molar-refractivity contribution in [1.29, 1.82) is 0 Å². The van der Waals surface area contributed by atoms with Gasteiger partial charge in [0.25, 0.3) is 5.91 Å². The zero-order valence-electron chi connectivity index (χ0n) is 19.0. The number of nitrogens with one attached hydrogen (secondary N) is 2. The highest BCUT2D eigenvalue weighted by atomic mass is 19.4. The topological polar surface area (TPSA) is 125 Å². The maximum Gasteiger partial charge on any atom is 0.416 e. The molecule has 2 atom stereocenters. The van der Waals surface area contributed by atoms with Crippen LogP contribution >= 0.6 is 0 Å². The van der Waals surface area contributed by atoms with Gasteiger partial charge in [0.05, 0.1) is 36.5 Å². The van der Waals surface area contributed by atoms with Crippen LogP contribution in [0.3, 0.4) is 0 Å². The van der Waals surface area contributed by atoms with Crippen molar-refractivity contribution in [2.75, 3.05) is 25.5 Å². The van der Waals surface area contributed by atoms with E-state index in [9.17, 15) is 27.2 Å². The van der Waals surface area contributed by atoms with Crippen molar-refractivity contribution >= 4 is 17.6 Å². The number of hydrogen-bond donors (Lipinski definition) is 2. The van der Waals surface area contributed by atoms with Crippen LogP contribution < -0.4 is 10.6 Å². The Balaban J connectivity index is 1.44. The molecule has 0 radical (unpaired) electrons. The number of carbonyl (C=O) groups is 2. The summed E-state index contributed by atoms with van der Waals surface area (Å²) >= 11 is 0. The lowest BCUT2D eigenvalue weighted by molar-refractivity contribution is -0.137. The molecule has 1 aliphatic heterocycles. The van der Waals surface area contributed by atoms with Gasteiger partial charge in [0, 0.05) is 13.2 Å². The molecule has 2 amide bonds. The van der Waals surface area contributed by atoms with E-state index in [0.29, 0.717) is 5.69 Å². The predicted octanol–water partition coefficient (Wildman–Crippen LogP) is 2.53. The lowest BCUT2D eigenvalue weighted by Crippen LogP contribution is -2.45. The minimum Gasteiger partial charge on any atom is -0.357 e. The van der Waals surface area contributed by atoms with Crippen molar-refractivity contribution in [3.63, 3.8) is 0 Å². The van der Waals surface area contributed by atoms with Crippen LogP contribution in [0, 0.1) is 0 Å². The summed E-state index contributed by atoms with van der Waals surface area (Å²) in [6.07, 6.45) is -4.76. The zero-order valence-corrected chi connectivity index (χ0v) is 19.0. The number of carbonyl (C=O) groups excluding carboxylic acids is 2. The number of amides is 2. The number of aryl methyl sites for hydroxylation is 1. The fraction of sp³-hybridized carbons (Fsp3) is 0.476. The highest BCUT2D eigenvalue weighted by Crippen LogP contribution is 2.29. The van der Waals surface area contributed by atoms with E-state index in [-0.39, 0.29) is 49.8 Å². The fourth-order valence-electron chi connectivity index (χ4n) is 3.36. The second-order valence-corrected chi connectivity index (χ2v) is 8.19. The normalized spacial score (nSPS) is 18.4. The third kappa shape index (κ3) is 7.13. The summed E-state index contributed by atoms with van der Waals surface area (Å²) in [5.74, 6) is -0.799. The van der Waals surface area contributed by atoms with Crippen molar-refractivity contribution in [2.24, 2.45) is 10.3 Å². The first kappa shape index (κ1) is 25.9. The largest absolute Gasteiger partial charge is 0.416 e. The Kier molecular flexibility index (Phi) is 7.92. The first-order valence-electron chi connectivity index (χ1n) is 10.7. The van der Waals surface area contributed by atoms with Crippen molar-refractivity contribution in [3.8, 4) is 0 Å². The minimum atomic E-state index is -4.53. The number of rotatable bonds is 9. The van der Waals surface area contributed by atoms with Gasteiger partial charge in [0.15, 0.2) is 11.4 Å². The van der Waals surface area contributed by atoms with Crippen LogP contribution in [0.1, 0.15) is 30.3 Å². The third-order valence-electron chi connectivity index (χ3n) is 5.19. The average molecular weight is 496 g/mol. The fourth-order valence-corrected chi connectivity index (χ4v) is 3.36. The molecule has 0 fully saturated rings. The Hall–Kier alpha value is -3.71. The number of nitrogens with zero attached hydrogens (tertiary/aromatic N) is 6. The van der Waals surface area contributed by atoms with Crippen molar-refractivity contribution in [3.05, 3.63) is 47.4 Å². The van der Waals surface area contributed by atoms with Crippen LogP contribution in [-0.4, -0.2) is 63.9 Å². The average Bonchev–Trinajstić information content (AvgIpc) is 3.19. The first-order valence-corrected chi connectivity index (χ1v) is 10.7. The summed E-state index contributed by atoms with van der Waals surface area (Å²) in [6, 6.07) is 4.67. The summed E-state index contributed by atoms with van der Waals surface area (Å²) in [5.41, 5.74) is -1.48. The molecule has 0 saturated carbocycles. The van der Waals surface area contributed by atoms with E-state index >= 15 is 0 Å². The summed E-state index contributed by atoms with van der Waals surface area (Å²) in [4.78, 5) is 27.7. The lowest BCUT2D eigenvalue weighted by atomic mass is 10.0. The van der Waals surface area contributed by atoms with Crippen LogP contribution in [0.25, 0.3) is 0 Å². The van der Waals surface area contributed by atoms with Gasteiger partial charge in [-0.25, -0.2) is 4.39 Å². The monoisotopic (exact) mass is 496 g/mol. The number of halogens is 4. The Labute approximate surface area is 198 Å². The first-order chi connectivity index (χ1) is 16.5. The molecule has 10 nitrogen and oxygen atoms in total. The molecule has 0 aromatic carbocycles. The quantitative estimate of drug-likeness (QED) is 0.514. The number of aromatic nitrogens is 3. The lowest BCUT2D eigenvalue weighted by Gasteiger charge is -2.20. The van der Waals surface area contributed by atoms with Gasteiger partial charge < -0.3 is 10.6 Å². The molecule has 0 spiro atoms. The molecular formula is C21H24F4N8O2. The molecular weight excluding hydrogens is 472 g/mol. The summed E-state index contributed by atoms with van der Waals surface area (Å²) < 4.78 is 52.8. The molecule has 1 aliphatic rings. The van der Waals surface area contributed by atoms with Gasteiger partial charge in [-0.05, 0) is 44.0 Å². The van der Waals surface area contributed by atoms with E-state index < -0.39 is 29.4 Å². The summed E-state index contributed by atoms with van der Waals surface area (Å²) in [5, 5.41) is 21.9. The van der Waals surface area contributed by atoms with E-state index in [1.807, 2.05) is 0 Å². The zero-order chi connectivity index (χ0) is 25.6. The molecule has 0 aliphatic carbocycles. The predicted molar refractivity (Wildman–Crippen MR) is 116 cm³/mol. The number of hydrogen-bond acceptors (Lipinski definition) is 8. The van der Waals surface area contributed by atoms with Crippen LogP contribution in [-0.2, 0) is 28.6 Å². The minimum absolute atomic E-state index is 0.0266. The Bertz CT molecular complexity index is 1080. The van der Waals surface area contributed by atoms with Gasteiger partial charge in [-0.2, -0.15) is 23.4 Å². The smallest absolute Gasteiger partial charge is 0.357 e. The Morgan fingerprint density at radius 3 is 2.63 bits per heavy atom. The van der Waals surface area contributed by atoms with E-state index in [4.69, 9.17) is 0 Å². The second kappa shape index (κ2) is 10.7. The highest BCUT2D eigenvalue weighted by Gasteiger charge is 2.39. The van der Waals surface area contributed by atoms with Crippen LogP contribution in [0.5, 0.6) is 0 Å². The molecule has 0 bridgehead atoms.